The van der Waals surface area contributed by atoms with Crippen molar-refractivity contribution in [3.05, 3.63) is 65.2 Å². The van der Waals surface area contributed by atoms with Gasteiger partial charge >= 0.3 is 12.2 Å². The van der Waals surface area contributed by atoms with Crippen LogP contribution < -0.4 is 24.3 Å². The number of pyridine rings is 1. The molecule has 57 heavy (non-hydrogen) atoms. The van der Waals surface area contributed by atoms with Crippen molar-refractivity contribution in [2.75, 3.05) is 37.7 Å². The van der Waals surface area contributed by atoms with Crippen molar-refractivity contribution in [1.82, 2.24) is 30.2 Å². The van der Waals surface area contributed by atoms with Gasteiger partial charge in [0.1, 0.15) is 42.7 Å². The van der Waals surface area contributed by atoms with Gasteiger partial charge in [-0.15, -0.1) is 0 Å². The molecule has 11 nitrogen and oxygen atoms in total. The number of hydrogen-bond acceptors (Lipinski definition) is 10. The molecular weight excluding hydrogens is 747 g/mol. The van der Waals surface area contributed by atoms with Gasteiger partial charge in [0.15, 0.2) is 17.2 Å². The molecular formula is C41H44F5N8O3+. The number of ether oxygens (including phenoxy) is 2. The van der Waals surface area contributed by atoms with Crippen LogP contribution in [0.4, 0.5) is 27.8 Å². The van der Waals surface area contributed by atoms with E-state index in [1.807, 2.05) is 11.6 Å². The van der Waals surface area contributed by atoms with E-state index in [-0.39, 0.29) is 65.7 Å². The number of piperazine rings is 1. The molecule has 2 N–H and O–H groups in total. The van der Waals surface area contributed by atoms with Crippen LogP contribution in [0.15, 0.2) is 36.7 Å². The molecule has 2 aromatic carbocycles. The number of halogens is 5. The number of phenols is 1. The van der Waals surface area contributed by atoms with Crippen LogP contribution in [0.25, 0.3) is 32.9 Å². The zero-order valence-electron chi connectivity index (χ0n) is 32.0. The van der Waals surface area contributed by atoms with Gasteiger partial charge in [0.25, 0.3) is 5.69 Å². The van der Waals surface area contributed by atoms with Gasteiger partial charge in [0, 0.05) is 43.0 Å². The molecule has 300 valence electrons. The molecule has 0 aliphatic carbocycles. The summed E-state index contributed by atoms with van der Waals surface area (Å²) in [4.78, 5) is 21.8. The number of nitrogens with zero attached hydrogens (tertiary/aromatic N) is 7. The Morgan fingerprint density at radius 1 is 1.04 bits per heavy atom. The lowest BCUT2D eigenvalue weighted by Gasteiger charge is -2.42. The summed E-state index contributed by atoms with van der Waals surface area (Å²) >= 11 is 0. The molecule has 3 fully saturated rings. The van der Waals surface area contributed by atoms with Crippen molar-refractivity contribution in [1.29, 1.82) is 0 Å². The predicted molar refractivity (Wildman–Crippen MR) is 201 cm³/mol. The maximum Gasteiger partial charge on any atom is 0.434 e. The Hall–Kier alpha value is -4.96. The van der Waals surface area contributed by atoms with Crippen molar-refractivity contribution in [2.24, 2.45) is 7.05 Å². The van der Waals surface area contributed by atoms with E-state index >= 15 is 8.78 Å². The number of rotatable bonds is 8. The molecule has 3 saturated heterocycles. The Labute approximate surface area is 325 Å². The average molecular weight is 792 g/mol. The minimum atomic E-state index is -4.59. The predicted octanol–water partition coefficient (Wildman–Crippen LogP) is 6.33. The smallest absolute Gasteiger partial charge is 0.434 e. The Morgan fingerprint density at radius 3 is 2.65 bits per heavy atom. The summed E-state index contributed by atoms with van der Waals surface area (Å²) in [6.45, 7) is 6.46. The topological polar surface area (TPSA) is 113 Å². The highest BCUT2D eigenvalue weighted by molar-refractivity contribution is 6.01. The highest BCUT2D eigenvalue weighted by Gasteiger charge is 2.50. The van der Waals surface area contributed by atoms with Gasteiger partial charge in [-0.05, 0) is 81.1 Å². The largest absolute Gasteiger partial charge is 0.508 e. The molecule has 0 bridgehead atoms. The van der Waals surface area contributed by atoms with E-state index in [4.69, 9.17) is 19.4 Å². The van der Waals surface area contributed by atoms with E-state index in [0.717, 1.165) is 63.5 Å². The molecule has 0 saturated carbocycles. The maximum atomic E-state index is 17.6. The monoisotopic (exact) mass is 791 g/mol. The zero-order chi connectivity index (χ0) is 39.8. The quantitative estimate of drug-likeness (QED) is 0.137. The number of hydrogen-bond donors (Lipinski definition) is 2. The fraction of sp³-hybridized carbons (Fsp3) is 0.488. The van der Waals surface area contributed by atoms with Crippen LogP contribution in [0.3, 0.4) is 0 Å². The van der Waals surface area contributed by atoms with Crippen molar-refractivity contribution in [3.63, 3.8) is 0 Å². The summed E-state index contributed by atoms with van der Waals surface area (Å²) in [5.41, 5.74) is 0.398. The lowest BCUT2D eigenvalue weighted by Crippen LogP contribution is -2.58. The highest BCUT2D eigenvalue weighted by Crippen LogP contribution is 2.45. The summed E-state index contributed by atoms with van der Waals surface area (Å²) in [6.07, 6.45) is 2.70. The van der Waals surface area contributed by atoms with Gasteiger partial charge in [-0.1, -0.05) is 13.0 Å². The van der Waals surface area contributed by atoms with Crippen LogP contribution in [0, 0.1) is 18.6 Å². The number of benzene rings is 2. The summed E-state index contributed by atoms with van der Waals surface area (Å²) in [6, 6.07) is 6.28. The number of nitrogens with one attached hydrogen (secondary N) is 1. The lowest BCUT2D eigenvalue weighted by molar-refractivity contribution is -0.667. The molecule has 0 amide bonds. The Kier molecular flexibility index (Phi) is 9.34. The van der Waals surface area contributed by atoms with Crippen molar-refractivity contribution in [2.45, 2.75) is 88.6 Å². The second kappa shape index (κ2) is 14.1. The standard InChI is InChI=1S/C41H43F5N8O3/c1-4-28-29-8-9-30-34-36(35(43)37(52(30)3)26-17-25(55)16-23-6-7-27(42)22(2)33(23)26)50-39(51-38(34)53(29)15-13-47-28)57-21-40-11-5-14-54(40)24(10-12-40)20-56-32-19-48-31(18-49-32)41(44,45)46/h6-7,16-19,24,28-29,47H,4-5,8-15,20-21H2,1-3H3/p+1/t24-,28-,29+,40-/m0/s1. The third-order valence-corrected chi connectivity index (χ3v) is 12.7. The number of alkyl halides is 3. The third kappa shape index (κ3) is 6.35. The van der Waals surface area contributed by atoms with Crippen LogP contribution in [-0.2, 0) is 19.6 Å². The molecule has 4 aliphatic heterocycles. The number of fused-ring (bicyclic) bond motifs is 4. The third-order valence-electron chi connectivity index (χ3n) is 12.7. The fourth-order valence-corrected chi connectivity index (χ4v) is 9.99. The fourth-order valence-electron chi connectivity index (χ4n) is 9.99. The van der Waals surface area contributed by atoms with Gasteiger partial charge in [0.2, 0.25) is 11.7 Å². The molecule has 16 heteroatoms. The SMILES string of the molecule is CC[C@@H]1NCCN2c3nc(OC[C@@]45CCCN4[C@H](COc4cnc(C(F)(F)F)cn4)CC5)nc4c(F)c(-c5cc(O)cc6ccc(F)c(C)c56)[n+](C)c(c34)CC[C@H]12. The first-order chi connectivity index (χ1) is 27.4. The second-order valence-corrected chi connectivity index (χ2v) is 15.8. The number of anilines is 1. The first-order valence-electron chi connectivity index (χ1n) is 19.6. The van der Waals surface area contributed by atoms with E-state index in [1.54, 1.807) is 19.1 Å². The summed E-state index contributed by atoms with van der Waals surface area (Å²) in [5.74, 6) is -0.474. The Morgan fingerprint density at radius 2 is 1.88 bits per heavy atom. The van der Waals surface area contributed by atoms with Gasteiger partial charge in [0.05, 0.1) is 23.5 Å². The summed E-state index contributed by atoms with van der Waals surface area (Å²) in [7, 11) is 1.81. The molecule has 4 aliphatic rings. The van der Waals surface area contributed by atoms with Crippen molar-refractivity contribution < 1.29 is 41.1 Å². The summed E-state index contributed by atoms with van der Waals surface area (Å²) < 4.78 is 85.8. The number of aromatic hydroxyl groups is 1. The van der Waals surface area contributed by atoms with Crippen LogP contribution in [0.5, 0.6) is 17.6 Å². The number of phenolic OH excluding ortho intramolecular Hbond substituents is 1. The average Bonchev–Trinajstić information content (AvgIpc) is 3.71. The second-order valence-electron chi connectivity index (χ2n) is 15.8. The van der Waals surface area contributed by atoms with Crippen molar-refractivity contribution >= 4 is 27.5 Å². The minimum absolute atomic E-state index is 0.0232. The number of aromatic nitrogens is 5. The minimum Gasteiger partial charge on any atom is -0.508 e. The molecule has 7 heterocycles. The van der Waals surface area contributed by atoms with Crippen LogP contribution >= 0.6 is 0 Å². The molecule has 5 aromatic rings. The highest BCUT2D eigenvalue weighted by atomic mass is 19.4. The molecule has 0 radical (unpaired) electrons. The first-order valence-corrected chi connectivity index (χ1v) is 19.6. The van der Waals surface area contributed by atoms with Gasteiger partial charge in [-0.2, -0.15) is 32.1 Å². The maximum absolute atomic E-state index is 17.6. The van der Waals surface area contributed by atoms with Gasteiger partial charge < -0.3 is 24.8 Å². The zero-order valence-corrected chi connectivity index (χ0v) is 32.0. The number of aryl methyl sites for hydroxylation is 2. The first kappa shape index (κ1) is 37.6. The molecule has 0 unspecified atom stereocenters. The van der Waals surface area contributed by atoms with Gasteiger partial charge in [-0.3, -0.25) is 4.90 Å². The molecule has 3 aromatic heterocycles. The van der Waals surface area contributed by atoms with Gasteiger partial charge in [-0.25, -0.2) is 14.4 Å². The van der Waals surface area contributed by atoms with Crippen LogP contribution in [0.2, 0.25) is 0 Å². The molecule has 0 spiro atoms. The van der Waals surface area contributed by atoms with E-state index in [0.29, 0.717) is 52.3 Å². The Bertz CT molecular complexity index is 2380. The Balaban J connectivity index is 1.09. The van der Waals surface area contributed by atoms with Crippen molar-refractivity contribution in [3.8, 4) is 28.9 Å². The van der Waals surface area contributed by atoms with E-state index in [1.165, 1.54) is 12.1 Å². The van der Waals surface area contributed by atoms with Crippen LogP contribution in [0.1, 0.15) is 62.4 Å². The van der Waals surface area contributed by atoms with E-state index < -0.39 is 23.5 Å². The normalized spacial score (nSPS) is 23.5. The van der Waals surface area contributed by atoms with E-state index in [2.05, 4.69) is 32.0 Å². The molecule has 4 atom stereocenters. The van der Waals surface area contributed by atoms with Crippen LogP contribution in [-0.4, -0.2) is 86.5 Å². The van der Waals surface area contributed by atoms with E-state index in [9.17, 15) is 18.3 Å². The summed E-state index contributed by atoms with van der Waals surface area (Å²) in [5, 5.41) is 16.2. The molecule has 9 rings (SSSR count). The lowest BCUT2D eigenvalue weighted by atomic mass is 9.95.